The number of benzene rings is 2. The van der Waals surface area contributed by atoms with E-state index >= 15 is 0 Å². The second kappa shape index (κ2) is 7.20. The number of nitrogens with zero attached hydrogens (tertiary/aromatic N) is 3. The van der Waals surface area contributed by atoms with Crippen molar-refractivity contribution in [2.45, 2.75) is 25.3 Å². The zero-order valence-corrected chi connectivity index (χ0v) is 15.6. The predicted molar refractivity (Wildman–Crippen MR) is 101 cm³/mol. The van der Waals surface area contributed by atoms with Crippen LogP contribution in [0, 0.1) is 24.0 Å². The topological polar surface area (TPSA) is 107 Å². The standard InChI is InChI=1S/C18H18N4O4S/c1-13-11-14(2)21(19-13)12-15-7-9-16(10-8-15)20-27(25,26)18-6-4-3-5-17(18)22(23)24/h3-11,20H,12H2,1-2H3. The van der Waals surface area contributed by atoms with Crippen LogP contribution in [0.25, 0.3) is 0 Å². The fourth-order valence-corrected chi connectivity index (χ4v) is 3.96. The maximum atomic E-state index is 12.5. The van der Waals surface area contributed by atoms with E-state index in [2.05, 4.69) is 9.82 Å². The molecular formula is C18H18N4O4S. The molecule has 2 aromatic carbocycles. The Morgan fingerprint density at radius 1 is 1.11 bits per heavy atom. The zero-order valence-electron chi connectivity index (χ0n) is 14.8. The summed E-state index contributed by atoms with van der Waals surface area (Å²) in [5.41, 5.74) is 2.78. The lowest BCUT2D eigenvalue weighted by molar-refractivity contribution is -0.387. The zero-order chi connectivity index (χ0) is 19.6. The third-order valence-electron chi connectivity index (χ3n) is 3.99. The van der Waals surface area contributed by atoms with Gasteiger partial charge in [-0.15, -0.1) is 0 Å². The highest BCUT2D eigenvalue weighted by Crippen LogP contribution is 2.25. The van der Waals surface area contributed by atoms with E-state index in [4.69, 9.17) is 0 Å². The van der Waals surface area contributed by atoms with Crippen LogP contribution in [0.3, 0.4) is 0 Å². The summed E-state index contributed by atoms with van der Waals surface area (Å²) < 4.78 is 29.3. The third-order valence-corrected chi connectivity index (χ3v) is 5.42. The van der Waals surface area contributed by atoms with Crippen molar-refractivity contribution in [1.29, 1.82) is 0 Å². The second-order valence-corrected chi connectivity index (χ2v) is 7.76. The Labute approximate surface area is 156 Å². The maximum Gasteiger partial charge on any atom is 0.289 e. The van der Waals surface area contributed by atoms with Crippen LogP contribution in [-0.2, 0) is 16.6 Å². The van der Waals surface area contributed by atoms with E-state index in [0.29, 0.717) is 12.2 Å². The second-order valence-electron chi connectivity index (χ2n) is 6.11. The number of hydrogen-bond acceptors (Lipinski definition) is 5. The smallest absolute Gasteiger partial charge is 0.279 e. The van der Waals surface area contributed by atoms with Gasteiger partial charge in [-0.2, -0.15) is 5.10 Å². The van der Waals surface area contributed by atoms with Crippen LogP contribution in [-0.4, -0.2) is 23.1 Å². The highest BCUT2D eigenvalue weighted by Gasteiger charge is 2.25. The normalized spacial score (nSPS) is 11.3. The Kier molecular flexibility index (Phi) is 4.95. The van der Waals surface area contributed by atoms with Gasteiger partial charge in [0.2, 0.25) is 0 Å². The van der Waals surface area contributed by atoms with Crippen molar-refractivity contribution < 1.29 is 13.3 Å². The van der Waals surface area contributed by atoms with Gasteiger partial charge in [0.1, 0.15) is 0 Å². The summed E-state index contributed by atoms with van der Waals surface area (Å²) in [5, 5.41) is 15.5. The molecule has 0 amide bonds. The van der Waals surface area contributed by atoms with E-state index < -0.39 is 20.6 Å². The van der Waals surface area contributed by atoms with Gasteiger partial charge in [0.25, 0.3) is 15.7 Å². The lowest BCUT2D eigenvalue weighted by Crippen LogP contribution is -2.14. The third kappa shape index (κ3) is 4.14. The minimum atomic E-state index is -4.07. The lowest BCUT2D eigenvalue weighted by Gasteiger charge is -2.10. The number of sulfonamides is 1. The monoisotopic (exact) mass is 386 g/mol. The van der Waals surface area contributed by atoms with Crippen molar-refractivity contribution in [2.24, 2.45) is 0 Å². The van der Waals surface area contributed by atoms with Crippen LogP contribution in [0.2, 0.25) is 0 Å². The predicted octanol–water partition coefficient (Wildman–Crippen LogP) is 3.26. The molecule has 0 aliphatic rings. The maximum absolute atomic E-state index is 12.5. The number of anilines is 1. The van der Waals surface area contributed by atoms with E-state index in [9.17, 15) is 18.5 Å². The molecule has 0 saturated carbocycles. The molecule has 0 fully saturated rings. The molecule has 3 aromatic rings. The molecule has 0 atom stereocenters. The summed E-state index contributed by atoms with van der Waals surface area (Å²) in [6, 6.07) is 14.0. The molecule has 3 rings (SSSR count). The number of nitrogens with one attached hydrogen (secondary N) is 1. The van der Waals surface area contributed by atoms with Gasteiger partial charge in [-0.3, -0.25) is 19.5 Å². The van der Waals surface area contributed by atoms with E-state index in [0.717, 1.165) is 23.0 Å². The minimum Gasteiger partial charge on any atom is -0.279 e. The van der Waals surface area contributed by atoms with Gasteiger partial charge < -0.3 is 0 Å². The Bertz CT molecular complexity index is 1090. The number of para-hydroxylation sites is 1. The SMILES string of the molecule is Cc1cc(C)n(Cc2ccc(NS(=O)(=O)c3ccccc3[N+](=O)[O-])cc2)n1. The van der Waals surface area contributed by atoms with Gasteiger partial charge in [0, 0.05) is 17.4 Å². The van der Waals surface area contributed by atoms with E-state index in [1.165, 1.54) is 18.2 Å². The summed E-state index contributed by atoms with van der Waals surface area (Å²) in [6.07, 6.45) is 0. The van der Waals surface area contributed by atoms with Crippen molar-refractivity contribution in [3.05, 3.63) is 81.7 Å². The number of nitro groups is 1. The molecule has 1 heterocycles. The molecule has 0 aliphatic carbocycles. The molecule has 1 N–H and O–H groups in total. The lowest BCUT2D eigenvalue weighted by atomic mass is 10.2. The van der Waals surface area contributed by atoms with Gasteiger partial charge in [-0.1, -0.05) is 24.3 Å². The number of aromatic nitrogens is 2. The van der Waals surface area contributed by atoms with Crippen molar-refractivity contribution in [3.8, 4) is 0 Å². The number of nitro benzene ring substituents is 1. The summed E-state index contributed by atoms with van der Waals surface area (Å²) >= 11 is 0. The molecule has 0 radical (unpaired) electrons. The van der Waals surface area contributed by atoms with Gasteiger partial charge in [0.05, 0.1) is 17.2 Å². The molecule has 1 aromatic heterocycles. The Morgan fingerprint density at radius 2 is 1.78 bits per heavy atom. The molecule has 27 heavy (non-hydrogen) atoms. The van der Waals surface area contributed by atoms with Crippen LogP contribution < -0.4 is 4.72 Å². The van der Waals surface area contributed by atoms with Gasteiger partial charge in [-0.25, -0.2) is 8.42 Å². The van der Waals surface area contributed by atoms with Crippen molar-refractivity contribution in [3.63, 3.8) is 0 Å². The molecule has 140 valence electrons. The van der Waals surface area contributed by atoms with E-state index in [1.807, 2.05) is 24.6 Å². The van der Waals surface area contributed by atoms with Crippen molar-refractivity contribution in [2.75, 3.05) is 4.72 Å². The summed E-state index contributed by atoms with van der Waals surface area (Å²) in [6.45, 7) is 4.45. The molecule has 0 aliphatic heterocycles. The Morgan fingerprint density at radius 3 is 2.37 bits per heavy atom. The van der Waals surface area contributed by atoms with Gasteiger partial charge in [-0.05, 0) is 43.7 Å². The number of aryl methyl sites for hydroxylation is 2. The molecule has 8 nitrogen and oxygen atoms in total. The first kappa shape index (κ1) is 18.6. The fraction of sp³-hybridized carbons (Fsp3) is 0.167. The van der Waals surface area contributed by atoms with Crippen LogP contribution >= 0.6 is 0 Å². The molecule has 0 spiro atoms. The Hall–Kier alpha value is -3.20. The first-order chi connectivity index (χ1) is 12.8. The minimum absolute atomic E-state index is 0.324. The van der Waals surface area contributed by atoms with Crippen LogP contribution in [0.4, 0.5) is 11.4 Å². The van der Waals surface area contributed by atoms with Gasteiger partial charge >= 0.3 is 0 Å². The summed E-state index contributed by atoms with van der Waals surface area (Å²) in [7, 11) is -4.07. The largest absolute Gasteiger partial charge is 0.289 e. The fourth-order valence-electron chi connectivity index (χ4n) is 2.73. The van der Waals surface area contributed by atoms with Crippen LogP contribution in [0.15, 0.2) is 59.5 Å². The highest BCUT2D eigenvalue weighted by molar-refractivity contribution is 7.92. The average molecular weight is 386 g/mol. The van der Waals surface area contributed by atoms with Crippen LogP contribution in [0.1, 0.15) is 17.0 Å². The number of hydrogen-bond donors (Lipinski definition) is 1. The molecular weight excluding hydrogens is 368 g/mol. The highest BCUT2D eigenvalue weighted by atomic mass is 32.2. The Balaban J connectivity index is 1.80. The van der Waals surface area contributed by atoms with Crippen molar-refractivity contribution >= 4 is 21.4 Å². The first-order valence-corrected chi connectivity index (χ1v) is 9.61. The van der Waals surface area contributed by atoms with Gasteiger partial charge in [0.15, 0.2) is 4.90 Å². The summed E-state index contributed by atoms with van der Waals surface area (Å²) in [4.78, 5) is 9.98. The first-order valence-electron chi connectivity index (χ1n) is 8.12. The average Bonchev–Trinajstić information content (AvgIpc) is 2.93. The molecule has 0 bridgehead atoms. The van der Waals surface area contributed by atoms with Crippen molar-refractivity contribution in [1.82, 2.24) is 9.78 Å². The molecule has 9 heteroatoms. The molecule has 0 saturated heterocycles. The summed E-state index contributed by atoms with van der Waals surface area (Å²) in [5.74, 6) is 0. The quantitative estimate of drug-likeness (QED) is 0.517. The van der Waals surface area contributed by atoms with E-state index in [1.54, 1.807) is 24.3 Å². The van der Waals surface area contributed by atoms with Crippen LogP contribution in [0.5, 0.6) is 0 Å². The number of rotatable bonds is 6. The van der Waals surface area contributed by atoms with E-state index in [-0.39, 0.29) is 4.90 Å². The molecule has 0 unspecified atom stereocenters.